The van der Waals surface area contributed by atoms with Crippen molar-refractivity contribution in [1.29, 1.82) is 0 Å². The average Bonchev–Trinajstić information content (AvgIpc) is 3.20. The van der Waals surface area contributed by atoms with Crippen LogP contribution < -0.4 is 10.6 Å². The van der Waals surface area contributed by atoms with Gasteiger partial charge in [-0.2, -0.15) is 0 Å². The van der Waals surface area contributed by atoms with E-state index in [2.05, 4.69) is 22.8 Å². The van der Waals surface area contributed by atoms with E-state index in [-0.39, 0.29) is 17.7 Å². The second kappa shape index (κ2) is 7.62. The fourth-order valence-electron chi connectivity index (χ4n) is 3.48. The number of carbonyl (C=O) groups excluding carboxylic acids is 2. The molecule has 24 heavy (non-hydrogen) atoms. The molecule has 5 heteroatoms. The highest BCUT2D eigenvalue weighted by atomic mass is 16.3. The Morgan fingerprint density at radius 3 is 2.46 bits per heavy atom. The summed E-state index contributed by atoms with van der Waals surface area (Å²) in [6, 6.07) is 7.19. The number of aliphatic hydroxyl groups excluding tert-OH is 1. The number of nitrogens with one attached hydrogen (secondary N) is 2. The lowest BCUT2D eigenvalue weighted by molar-refractivity contribution is -0.122. The Morgan fingerprint density at radius 2 is 1.83 bits per heavy atom. The maximum Gasteiger partial charge on any atom is 0.230 e. The van der Waals surface area contributed by atoms with Crippen LogP contribution in [0, 0.1) is 11.8 Å². The van der Waals surface area contributed by atoms with Gasteiger partial charge in [-0.25, -0.2) is 0 Å². The lowest BCUT2D eigenvalue weighted by Crippen LogP contribution is -2.29. The summed E-state index contributed by atoms with van der Waals surface area (Å²) in [6.45, 7) is 0. The van der Waals surface area contributed by atoms with Crippen LogP contribution in [0.25, 0.3) is 0 Å². The zero-order valence-electron chi connectivity index (χ0n) is 13.7. The van der Waals surface area contributed by atoms with Crippen molar-refractivity contribution >= 4 is 23.2 Å². The zero-order valence-corrected chi connectivity index (χ0v) is 13.7. The highest BCUT2D eigenvalue weighted by Crippen LogP contribution is 2.29. The van der Waals surface area contributed by atoms with Crippen molar-refractivity contribution in [2.24, 2.45) is 11.8 Å². The molecule has 128 valence electrons. The van der Waals surface area contributed by atoms with Crippen molar-refractivity contribution in [1.82, 2.24) is 0 Å². The van der Waals surface area contributed by atoms with Crippen LogP contribution in [0.4, 0.5) is 11.4 Å². The second-order valence-electron chi connectivity index (χ2n) is 6.66. The summed E-state index contributed by atoms with van der Waals surface area (Å²) in [7, 11) is 0. The topological polar surface area (TPSA) is 78.4 Å². The third-order valence-corrected chi connectivity index (χ3v) is 4.84. The molecule has 2 aliphatic rings. The number of allylic oxidation sites excluding steroid dienone is 2. The number of hydrogen-bond acceptors (Lipinski definition) is 3. The number of para-hydroxylation sites is 2. The number of amides is 2. The van der Waals surface area contributed by atoms with Gasteiger partial charge in [0.2, 0.25) is 11.8 Å². The lowest BCUT2D eigenvalue weighted by Gasteiger charge is -2.17. The summed E-state index contributed by atoms with van der Waals surface area (Å²) < 4.78 is 0. The largest absolute Gasteiger partial charge is 0.392 e. The standard InChI is InChI=1S/C19H24N2O3/c22-17-11-5-8-14(17)19(24)21-16-10-4-3-9-15(16)20-18(23)12-13-6-1-2-7-13/h1,3-4,6,9-10,13-14,17,22H,2,5,7-8,11-12H2,(H,20,23)(H,21,24). The Morgan fingerprint density at radius 1 is 1.08 bits per heavy atom. The van der Waals surface area contributed by atoms with Crippen molar-refractivity contribution in [3.63, 3.8) is 0 Å². The van der Waals surface area contributed by atoms with Crippen LogP contribution in [0.5, 0.6) is 0 Å². The molecule has 3 N–H and O–H groups in total. The van der Waals surface area contributed by atoms with Crippen LogP contribution in [0.15, 0.2) is 36.4 Å². The molecule has 0 aromatic heterocycles. The van der Waals surface area contributed by atoms with Gasteiger partial charge >= 0.3 is 0 Å². The number of benzene rings is 1. The van der Waals surface area contributed by atoms with E-state index in [9.17, 15) is 14.7 Å². The molecule has 0 spiro atoms. The van der Waals surface area contributed by atoms with Crippen LogP contribution in [0.1, 0.15) is 38.5 Å². The molecule has 3 atom stereocenters. The molecule has 1 fully saturated rings. The minimum Gasteiger partial charge on any atom is -0.392 e. The maximum absolute atomic E-state index is 12.3. The van der Waals surface area contributed by atoms with E-state index >= 15 is 0 Å². The Balaban J connectivity index is 1.63. The Kier molecular flexibility index (Phi) is 5.30. The van der Waals surface area contributed by atoms with E-state index in [0.717, 1.165) is 19.3 Å². The van der Waals surface area contributed by atoms with Gasteiger partial charge in [-0.15, -0.1) is 0 Å². The van der Waals surface area contributed by atoms with Crippen molar-refractivity contribution < 1.29 is 14.7 Å². The van der Waals surface area contributed by atoms with Crippen LogP contribution in [-0.4, -0.2) is 23.0 Å². The van der Waals surface area contributed by atoms with Gasteiger partial charge in [-0.3, -0.25) is 9.59 Å². The first-order chi connectivity index (χ1) is 11.6. The van der Waals surface area contributed by atoms with E-state index in [1.165, 1.54) is 0 Å². The quantitative estimate of drug-likeness (QED) is 0.727. The van der Waals surface area contributed by atoms with Gasteiger partial charge in [0.25, 0.3) is 0 Å². The molecule has 0 bridgehead atoms. The summed E-state index contributed by atoms with van der Waals surface area (Å²) in [4.78, 5) is 24.6. The highest BCUT2D eigenvalue weighted by molar-refractivity contribution is 6.00. The molecule has 3 rings (SSSR count). The highest BCUT2D eigenvalue weighted by Gasteiger charge is 2.31. The zero-order chi connectivity index (χ0) is 16.9. The molecule has 0 heterocycles. The molecule has 1 saturated carbocycles. The average molecular weight is 328 g/mol. The Labute approximate surface area is 142 Å². The predicted octanol–water partition coefficient (Wildman–Crippen LogP) is 3.08. The molecule has 2 aliphatic carbocycles. The van der Waals surface area contributed by atoms with Gasteiger partial charge in [0.1, 0.15) is 0 Å². The van der Waals surface area contributed by atoms with Gasteiger partial charge in [0, 0.05) is 6.42 Å². The van der Waals surface area contributed by atoms with E-state index in [0.29, 0.717) is 36.6 Å². The fourth-order valence-corrected chi connectivity index (χ4v) is 3.48. The van der Waals surface area contributed by atoms with Crippen LogP contribution >= 0.6 is 0 Å². The molecule has 0 radical (unpaired) electrons. The van der Waals surface area contributed by atoms with E-state index < -0.39 is 6.10 Å². The minimum atomic E-state index is -0.569. The minimum absolute atomic E-state index is 0.0471. The van der Waals surface area contributed by atoms with E-state index in [4.69, 9.17) is 0 Å². The normalized spacial score (nSPS) is 25.6. The monoisotopic (exact) mass is 328 g/mol. The van der Waals surface area contributed by atoms with Crippen molar-refractivity contribution in [2.75, 3.05) is 10.6 Å². The van der Waals surface area contributed by atoms with Crippen molar-refractivity contribution in [3.8, 4) is 0 Å². The summed E-state index contributed by atoms with van der Waals surface area (Å²) in [5, 5.41) is 15.6. The fraction of sp³-hybridized carbons (Fsp3) is 0.474. The summed E-state index contributed by atoms with van der Waals surface area (Å²) in [6.07, 6.45) is 8.39. The van der Waals surface area contributed by atoms with E-state index in [1.54, 1.807) is 12.1 Å². The van der Waals surface area contributed by atoms with Crippen LogP contribution in [0.3, 0.4) is 0 Å². The number of carbonyl (C=O) groups is 2. The Hall–Kier alpha value is -2.14. The first-order valence-corrected chi connectivity index (χ1v) is 8.68. The maximum atomic E-state index is 12.3. The molecular formula is C19H24N2O3. The summed E-state index contributed by atoms with van der Waals surface area (Å²) in [5.74, 6) is -0.285. The third-order valence-electron chi connectivity index (χ3n) is 4.84. The third kappa shape index (κ3) is 4.03. The van der Waals surface area contributed by atoms with Gasteiger partial charge < -0.3 is 15.7 Å². The lowest BCUT2D eigenvalue weighted by atomic mass is 10.0. The van der Waals surface area contributed by atoms with Gasteiger partial charge in [-0.05, 0) is 50.2 Å². The molecule has 2 amide bonds. The van der Waals surface area contributed by atoms with Crippen LogP contribution in [-0.2, 0) is 9.59 Å². The smallest absolute Gasteiger partial charge is 0.230 e. The Bertz CT molecular complexity index is 641. The number of anilines is 2. The molecular weight excluding hydrogens is 304 g/mol. The van der Waals surface area contributed by atoms with E-state index in [1.807, 2.05) is 12.1 Å². The SMILES string of the molecule is O=C(CC1C=CCC1)Nc1ccccc1NC(=O)C1CCCC1O. The van der Waals surface area contributed by atoms with Crippen molar-refractivity contribution in [2.45, 2.75) is 44.6 Å². The van der Waals surface area contributed by atoms with Gasteiger partial charge in [0.05, 0.1) is 23.4 Å². The van der Waals surface area contributed by atoms with Crippen LogP contribution in [0.2, 0.25) is 0 Å². The number of aliphatic hydroxyl groups is 1. The molecule has 1 aromatic carbocycles. The first kappa shape index (κ1) is 16.7. The van der Waals surface area contributed by atoms with Gasteiger partial charge in [0.15, 0.2) is 0 Å². The van der Waals surface area contributed by atoms with Gasteiger partial charge in [-0.1, -0.05) is 24.3 Å². The molecule has 3 unspecified atom stereocenters. The molecule has 5 nitrogen and oxygen atoms in total. The predicted molar refractivity (Wildman–Crippen MR) is 93.5 cm³/mol. The number of rotatable bonds is 5. The molecule has 1 aromatic rings. The summed E-state index contributed by atoms with van der Waals surface area (Å²) >= 11 is 0. The second-order valence-corrected chi connectivity index (χ2v) is 6.66. The molecule has 0 aliphatic heterocycles. The van der Waals surface area contributed by atoms with Crippen molar-refractivity contribution in [3.05, 3.63) is 36.4 Å². The first-order valence-electron chi connectivity index (χ1n) is 8.68. The summed E-state index contributed by atoms with van der Waals surface area (Å²) in [5.41, 5.74) is 1.18. The number of hydrogen-bond donors (Lipinski definition) is 3. The molecule has 0 saturated heterocycles.